The monoisotopic (exact) mass is 359 g/mol. The molecule has 1 heterocycles. The van der Waals surface area contributed by atoms with E-state index in [9.17, 15) is 4.79 Å². The molecule has 0 aliphatic rings. The summed E-state index contributed by atoms with van der Waals surface area (Å²) in [7, 11) is 0. The molecule has 26 heavy (non-hydrogen) atoms. The molecule has 0 aliphatic heterocycles. The van der Waals surface area contributed by atoms with Crippen molar-refractivity contribution in [3.8, 4) is 5.75 Å². The third-order valence-electron chi connectivity index (χ3n) is 4.36. The predicted molar refractivity (Wildman–Crippen MR) is 105 cm³/mol. The van der Waals surface area contributed by atoms with E-state index < -0.39 is 0 Å². The second-order valence-corrected chi connectivity index (χ2v) is 6.96. The molecule has 0 bridgehead atoms. The third-order valence-corrected chi connectivity index (χ3v) is 5.14. The van der Waals surface area contributed by atoms with E-state index in [1.165, 1.54) is 22.1 Å². The largest absolute Gasteiger partial charge is 0.489 e. The van der Waals surface area contributed by atoms with Gasteiger partial charge in [-0.1, -0.05) is 48.5 Å². The van der Waals surface area contributed by atoms with Gasteiger partial charge in [0.15, 0.2) is 5.01 Å². The van der Waals surface area contributed by atoms with Gasteiger partial charge in [0.25, 0.3) is 0 Å². The van der Waals surface area contributed by atoms with E-state index in [2.05, 4.69) is 35.3 Å². The smallest absolute Gasteiger partial charge is 0.221 e. The molecule has 0 fully saturated rings. The Kier molecular flexibility index (Phi) is 4.50. The highest BCUT2D eigenvalue weighted by atomic mass is 32.1. The van der Waals surface area contributed by atoms with Gasteiger partial charge < -0.3 is 4.74 Å². The van der Waals surface area contributed by atoms with Crippen LogP contribution >= 0.6 is 11.3 Å². The van der Waals surface area contributed by atoms with Gasteiger partial charge in [-0.05, 0) is 35.4 Å². The minimum absolute atomic E-state index is 0.0614. The number of aromatic nitrogens is 1. The molecule has 3 nitrogen and oxygen atoms in total. The van der Waals surface area contributed by atoms with Crippen molar-refractivity contribution >= 4 is 27.9 Å². The summed E-state index contributed by atoms with van der Waals surface area (Å²) in [4.78, 5) is 16.7. The first-order chi connectivity index (χ1) is 12.7. The van der Waals surface area contributed by atoms with Crippen LogP contribution in [0.25, 0.3) is 10.8 Å². The predicted octanol–water partition coefficient (Wildman–Crippen LogP) is 5.41. The van der Waals surface area contributed by atoms with Gasteiger partial charge >= 0.3 is 0 Å². The van der Waals surface area contributed by atoms with E-state index in [1.54, 1.807) is 6.20 Å². The van der Waals surface area contributed by atoms with Crippen molar-refractivity contribution in [3.05, 3.63) is 93.9 Å². The molecule has 0 radical (unpaired) electrons. The summed E-state index contributed by atoms with van der Waals surface area (Å²) < 4.78 is 6.01. The van der Waals surface area contributed by atoms with Crippen LogP contribution in [0.1, 0.15) is 26.5 Å². The van der Waals surface area contributed by atoms with Crippen LogP contribution in [0.5, 0.6) is 5.75 Å². The van der Waals surface area contributed by atoms with Crippen LogP contribution in [0.2, 0.25) is 0 Å². The molecule has 4 aromatic rings. The minimum atomic E-state index is -0.0614. The van der Waals surface area contributed by atoms with Crippen molar-refractivity contribution in [2.24, 2.45) is 0 Å². The Morgan fingerprint density at radius 2 is 1.88 bits per heavy atom. The van der Waals surface area contributed by atoms with Gasteiger partial charge in [-0.3, -0.25) is 4.79 Å². The van der Waals surface area contributed by atoms with E-state index in [0.717, 1.165) is 16.9 Å². The van der Waals surface area contributed by atoms with Crippen molar-refractivity contribution in [2.45, 2.75) is 13.5 Å². The van der Waals surface area contributed by atoms with Crippen molar-refractivity contribution < 1.29 is 9.53 Å². The minimum Gasteiger partial charge on any atom is -0.489 e. The van der Waals surface area contributed by atoms with Gasteiger partial charge in [0.05, 0.1) is 0 Å². The van der Waals surface area contributed by atoms with Crippen LogP contribution in [0, 0.1) is 6.92 Å². The summed E-state index contributed by atoms with van der Waals surface area (Å²) in [5.41, 5.74) is 2.57. The fraction of sp³-hybridized carbons (Fsp3) is 0.0909. The lowest BCUT2D eigenvalue weighted by molar-refractivity contribution is 0.103. The number of ether oxygens (including phenoxy) is 1. The topological polar surface area (TPSA) is 39.2 Å². The molecule has 0 aliphatic carbocycles. The molecule has 0 atom stereocenters. The first kappa shape index (κ1) is 16.5. The number of ketones is 1. The number of nitrogens with zero attached hydrogens (tertiary/aromatic N) is 1. The highest BCUT2D eigenvalue weighted by Crippen LogP contribution is 2.25. The molecule has 0 saturated heterocycles. The Balaban J connectivity index is 1.56. The standard InChI is InChI=1S/C22H17NO2S/c1-15-19(21(24)22-23-11-12-26-22)7-4-8-20(15)25-14-16-9-10-17-5-2-3-6-18(17)13-16/h2-13H,14H2,1H3. The van der Waals surface area contributed by atoms with Crippen molar-refractivity contribution in [2.75, 3.05) is 0 Å². The van der Waals surface area contributed by atoms with Crippen LogP contribution < -0.4 is 4.74 Å². The van der Waals surface area contributed by atoms with E-state index in [1.807, 2.05) is 42.6 Å². The Morgan fingerprint density at radius 3 is 2.69 bits per heavy atom. The highest BCUT2D eigenvalue weighted by Gasteiger charge is 2.16. The average Bonchev–Trinajstić information content (AvgIpc) is 3.21. The normalized spacial score (nSPS) is 10.8. The van der Waals surface area contributed by atoms with E-state index >= 15 is 0 Å². The SMILES string of the molecule is Cc1c(OCc2ccc3ccccc3c2)cccc1C(=O)c1nccs1. The summed E-state index contributed by atoms with van der Waals surface area (Å²) in [5, 5.41) is 4.71. The number of thiazole rings is 1. The Labute approximate surface area is 155 Å². The van der Waals surface area contributed by atoms with E-state index in [4.69, 9.17) is 4.74 Å². The number of fused-ring (bicyclic) bond motifs is 1. The maximum Gasteiger partial charge on any atom is 0.221 e. The van der Waals surface area contributed by atoms with Gasteiger partial charge in [0.1, 0.15) is 12.4 Å². The van der Waals surface area contributed by atoms with Crippen LogP contribution in [-0.2, 0) is 6.61 Å². The summed E-state index contributed by atoms with van der Waals surface area (Å²) in [6, 6.07) is 20.1. The second kappa shape index (κ2) is 7.10. The summed E-state index contributed by atoms with van der Waals surface area (Å²) in [6.45, 7) is 2.37. The lowest BCUT2D eigenvalue weighted by atomic mass is 10.0. The molecule has 1 aromatic heterocycles. The number of hydrogen-bond acceptors (Lipinski definition) is 4. The van der Waals surface area contributed by atoms with Gasteiger partial charge in [-0.15, -0.1) is 11.3 Å². The van der Waals surface area contributed by atoms with Crippen LogP contribution in [0.4, 0.5) is 0 Å². The zero-order valence-electron chi connectivity index (χ0n) is 14.3. The number of benzene rings is 3. The van der Waals surface area contributed by atoms with Crippen molar-refractivity contribution in [3.63, 3.8) is 0 Å². The molecule has 0 amide bonds. The van der Waals surface area contributed by atoms with Crippen LogP contribution in [0.3, 0.4) is 0 Å². The fourth-order valence-electron chi connectivity index (χ4n) is 2.96. The maximum absolute atomic E-state index is 12.6. The summed E-state index contributed by atoms with van der Waals surface area (Å²) >= 11 is 1.35. The molecule has 0 unspecified atom stereocenters. The molecular formula is C22H17NO2S. The second-order valence-electron chi connectivity index (χ2n) is 6.07. The van der Waals surface area contributed by atoms with Gasteiger partial charge in [0.2, 0.25) is 5.78 Å². The van der Waals surface area contributed by atoms with Crippen LogP contribution in [-0.4, -0.2) is 10.8 Å². The van der Waals surface area contributed by atoms with Gasteiger partial charge in [-0.25, -0.2) is 4.98 Å². The van der Waals surface area contributed by atoms with Crippen molar-refractivity contribution in [1.29, 1.82) is 0 Å². The van der Waals surface area contributed by atoms with Gasteiger partial charge in [-0.2, -0.15) is 0 Å². The number of carbonyl (C=O) groups excluding carboxylic acids is 1. The average molecular weight is 359 g/mol. The Morgan fingerprint density at radius 1 is 1.04 bits per heavy atom. The fourth-order valence-corrected chi connectivity index (χ4v) is 3.55. The zero-order chi connectivity index (χ0) is 17.9. The van der Waals surface area contributed by atoms with E-state index in [-0.39, 0.29) is 5.78 Å². The Hall–Kier alpha value is -2.98. The first-order valence-corrected chi connectivity index (χ1v) is 9.24. The molecule has 0 N–H and O–H groups in total. The zero-order valence-corrected chi connectivity index (χ0v) is 15.1. The maximum atomic E-state index is 12.6. The molecular weight excluding hydrogens is 342 g/mol. The summed E-state index contributed by atoms with van der Waals surface area (Å²) in [6.07, 6.45) is 1.65. The molecule has 4 heteroatoms. The lowest BCUT2D eigenvalue weighted by Crippen LogP contribution is -2.05. The number of rotatable bonds is 5. The lowest BCUT2D eigenvalue weighted by Gasteiger charge is -2.12. The van der Waals surface area contributed by atoms with Gasteiger partial charge in [0, 0.05) is 22.7 Å². The molecule has 3 aromatic carbocycles. The number of hydrogen-bond donors (Lipinski definition) is 0. The molecule has 0 spiro atoms. The quantitative estimate of drug-likeness (QED) is 0.447. The first-order valence-electron chi connectivity index (χ1n) is 8.36. The Bertz CT molecular complexity index is 1070. The van der Waals surface area contributed by atoms with E-state index in [0.29, 0.717) is 17.2 Å². The molecule has 4 rings (SSSR count). The van der Waals surface area contributed by atoms with Crippen molar-refractivity contribution in [1.82, 2.24) is 4.98 Å². The highest BCUT2D eigenvalue weighted by molar-refractivity contribution is 7.11. The van der Waals surface area contributed by atoms with Crippen LogP contribution in [0.15, 0.2) is 72.2 Å². The molecule has 0 saturated carbocycles. The third kappa shape index (κ3) is 3.24. The summed E-state index contributed by atoms with van der Waals surface area (Å²) in [5.74, 6) is 0.661. The number of carbonyl (C=O) groups is 1. The molecule has 128 valence electrons.